The van der Waals surface area contributed by atoms with Crippen LogP contribution in [0, 0.1) is 0 Å². The number of amides is 1. The number of hydrogen-bond donors (Lipinski definition) is 0. The fourth-order valence-corrected chi connectivity index (χ4v) is 5.06. The molecule has 0 saturated carbocycles. The Morgan fingerprint density at radius 1 is 1.00 bits per heavy atom. The molecule has 0 bridgehead atoms. The van der Waals surface area contributed by atoms with E-state index in [1.807, 2.05) is 30.3 Å². The Balaban J connectivity index is 1.54. The Morgan fingerprint density at radius 3 is 2.48 bits per heavy atom. The van der Waals surface area contributed by atoms with Gasteiger partial charge in [-0.3, -0.25) is 4.79 Å². The van der Waals surface area contributed by atoms with E-state index in [0.717, 1.165) is 16.8 Å². The number of fused-ring (bicyclic) bond motifs is 1. The van der Waals surface area contributed by atoms with Crippen LogP contribution in [-0.2, 0) is 32.4 Å². The van der Waals surface area contributed by atoms with E-state index in [1.54, 1.807) is 23.1 Å². The minimum absolute atomic E-state index is 0.0312. The van der Waals surface area contributed by atoms with Crippen LogP contribution in [0.1, 0.15) is 11.1 Å². The molecule has 4 rings (SSSR count). The molecular formula is C20H22N2O4S. The number of morpholine rings is 1. The predicted molar refractivity (Wildman–Crippen MR) is 102 cm³/mol. The maximum Gasteiger partial charge on any atom is 0.243 e. The molecule has 1 fully saturated rings. The number of anilines is 1. The van der Waals surface area contributed by atoms with Crippen molar-refractivity contribution in [3.63, 3.8) is 0 Å². The molecule has 0 N–H and O–H groups in total. The van der Waals surface area contributed by atoms with Crippen LogP contribution in [-0.4, -0.2) is 51.5 Å². The zero-order chi connectivity index (χ0) is 18.9. The highest BCUT2D eigenvalue weighted by Gasteiger charge is 2.30. The summed E-state index contributed by atoms with van der Waals surface area (Å²) in [6.07, 6.45) is 1.01. The number of carbonyl (C=O) groups excluding carboxylic acids is 1. The summed E-state index contributed by atoms with van der Waals surface area (Å²) in [6, 6.07) is 14.7. The zero-order valence-corrected chi connectivity index (χ0v) is 15.8. The largest absolute Gasteiger partial charge is 0.379 e. The second-order valence-electron chi connectivity index (χ2n) is 6.76. The van der Waals surface area contributed by atoms with Crippen LogP contribution >= 0.6 is 0 Å². The first-order valence-electron chi connectivity index (χ1n) is 9.11. The maximum atomic E-state index is 12.8. The summed E-state index contributed by atoms with van der Waals surface area (Å²) in [6.45, 7) is 2.18. The van der Waals surface area contributed by atoms with Crippen LogP contribution in [0.2, 0.25) is 0 Å². The van der Waals surface area contributed by atoms with Crippen LogP contribution in [0.3, 0.4) is 0 Å². The normalized spacial score (nSPS) is 17.7. The lowest BCUT2D eigenvalue weighted by molar-refractivity contribution is -0.117. The van der Waals surface area contributed by atoms with E-state index >= 15 is 0 Å². The molecule has 0 spiro atoms. The lowest BCUT2D eigenvalue weighted by Gasteiger charge is -2.26. The molecule has 2 aliphatic heterocycles. The number of hydrogen-bond acceptors (Lipinski definition) is 4. The Labute approximate surface area is 159 Å². The van der Waals surface area contributed by atoms with Gasteiger partial charge in [0.1, 0.15) is 0 Å². The van der Waals surface area contributed by atoms with Gasteiger partial charge >= 0.3 is 0 Å². The molecule has 0 radical (unpaired) electrons. The molecule has 0 aliphatic carbocycles. The van der Waals surface area contributed by atoms with E-state index in [0.29, 0.717) is 50.6 Å². The maximum absolute atomic E-state index is 12.8. The van der Waals surface area contributed by atoms with Crippen molar-refractivity contribution < 1.29 is 17.9 Å². The minimum Gasteiger partial charge on any atom is -0.379 e. The van der Waals surface area contributed by atoms with E-state index < -0.39 is 10.0 Å². The monoisotopic (exact) mass is 386 g/mol. The molecule has 2 heterocycles. The van der Waals surface area contributed by atoms with E-state index in [4.69, 9.17) is 4.74 Å². The summed E-state index contributed by atoms with van der Waals surface area (Å²) >= 11 is 0. The van der Waals surface area contributed by atoms with Crippen LogP contribution in [0.5, 0.6) is 0 Å². The van der Waals surface area contributed by atoms with Crippen LogP contribution < -0.4 is 4.90 Å². The van der Waals surface area contributed by atoms with E-state index in [9.17, 15) is 13.2 Å². The molecule has 2 aliphatic rings. The first-order chi connectivity index (χ1) is 13.1. The van der Waals surface area contributed by atoms with Crippen molar-refractivity contribution in [3.05, 3.63) is 59.7 Å². The molecule has 2 aromatic carbocycles. The Bertz CT molecular complexity index is 938. The first kappa shape index (κ1) is 18.2. The number of benzene rings is 2. The van der Waals surface area contributed by atoms with Gasteiger partial charge in [-0.25, -0.2) is 8.42 Å². The highest BCUT2D eigenvalue weighted by Crippen LogP contribution is 2.31. The van der Waals surface area contributed by atoms with Crippen molar-refractivity contribution in [3.8, 4) is 0 Å². The van der Waals surface area contributed by atoms with Gasteiger partial charge in [0.15, 0.2) is 0 Å². The molecule has 1 saturated heterocycles. The molecule has 1 amide bonds. The van der Waals surface area contributed by atoms with Gasteiger partial charge in [-0.15, -0.1) is 0 Å². The quantitative estimate of drug-likeness (QED) is 0.804. The van der Waals surface area contributed by atoms with Crippen molar-refractivity contribution in [2.45, 2.75) is 17.7 Å². The third-order valence-electron chi connectivity index (χ3n) is 5.05. The molecule has 7 heteroatoms. The Hall–Kier alpha value is -2.22. The van der Waals surface area contributed by atoms with Crippen molar-refractivity contribution in [2.75, 3.05) is 37.7 Å². The van der Waals surface area contributed by atoms with Crippen molar-refractivity contribution in [1.82, 2.24) is 4.31 Å². The van der Waals surface area contributed by atoms with Crippen molar-refractivity contribution in [1.29, 1.82) is 0 Å². The molecule has 6 nitrogen and oxygen atoms in total. The van der Waals surface area contributed by atoms with Gasteiger partial charge in [-0.05, 0) is 35.7 Å². The number of nitrogens with zero attached hydrogens (tertiary/aromatic N) is 2. The summed E-state index contributed by atoms with van der Waals surface area (Å²) in [5.41, 5.74) is 2.70. The molecule has 2 aromatic rings. The Kier molecular flexibility index (Phi) is 4.99. The third-order valence-corrected chi connectivity index (χ3v) is 6.95. The third kappa shape index (κ3) is 3.63. The molecule has 27 heavy (non-hydrogen) atoms. The highest BCUT2D eigenvalue weighted by atomic mass is 32.2. The van der Waals surface area contributed by atoms with E-state index in [1.165, 1.54) is 4.31 Å². The van der Waals surface area contributed by atoms with Gasteiger partial charge in [-0.1, -0.05) is 30.3 Å². The number of sulfonamides is 1. The highest BCUT2D eigenvalue weighted by molar-refractivity contribution is 7.89. The lowest BCUT2D eigenvalue weighted by atomic mass is 10.1. The summed E-state index contributed by atoms with van der Waals surface area (Å²) in [4.78, 5) is 14.7. The van der Waals surface area contributed by atoms with Crippen LogP contribution in [0.4, 0.5) is 5.69 Å². The zero-order valence-electron chi connectivity index (χ0n) is 15.0. The summed E-state index contributed by atoms with van der Waals surface area (Å²) < 4.78 is 32.4. The summed E-state index contributed by atoms with van der Waals surface area (Å²) in [7, 11) is -3.52. The topological polar surface area (TPSA) is 66.9 Å². The molecule has 0 unspecified atom stereocenters. The van der Waals surface area contributed by atoms with Gasteiger partial charge in [-0.2, -0.15) is 4.31 Å². The standard InChI is InChI=1S/C20H22N2O4S/c23-20(14-16-4-2-1-3-5-16)22-9-8-17-15-18(6-7-19(17)22)27(24,25)21-10-12-26-13-11-21/h1-7,15H,8-14H2. The van der Waals surface area contributed by atoms with Gasteiger partial charge < -0.3 is 9.64 Å². The second kappa shape index (κ2) is 7.42. The van der Waals surface area contributed by atoms with Gasteiger partial charge in [0, 0.05) is 25.3 Å². The van der Waals surface area contributed by atoms with Crippen LogP contribution in [0.25, 0.3) is 0 Å². The molecule has 0 aromatic heterocycles. The summed E-state index contributed by atoms with van der Waals surface area (Å²) in [5, 5.41) is 0. The lowest BCUT2D eigenvalue weighted by Crippen LogP contribution is -2.40. The first-order valence-corrected chi connectivity index (χ1v) is 10.5. The summed E-state index contributed by atoms with van der Waals surface area (Å²) in [5.74, 6) is 0.0312. The van der Waals surface area contributed by atoms with Crippen molar-refractivity contribution in [2.24, 2.45) is 0 Å². The van der Waals surface area contributed by atoms with Crippen LogP contribution in [0.15, 0.2) is 53.4 Å². The fraction of sp³-hybridized carbons (Fsp3) is 0.350. The van der Waals surface area contributed by atoms with Crippen molar-refractivity contribution >= 4 is 21.6 Å². The predicted octanol–water partition coefficient (Wildman–Crippen LogP) is 1.84. The average molecular weight is 386 g/mol. The number of ether oxygens (including phenoxy) is 1. The van der Waals surface area contributed by atoms with E-state index in [2.05, 4.69) is 0 Å². The fourth-order valence-electron chi connectivity index (χ4n) is 3.60. The average Bonchev–Trinajstić information content (AvgIpc) is 3.13. The minimum atomic E-state index is -3.52. The van der Waals surface area contributed by atoms with E-state index in [-0.39, 0.29) is 5.91 Å². The van der Waals surface area contributed by atoms with Gasteiger partial charge in [0.05, 0.1) is 24.5 Å². The smallest absolute Gasteiger partial charge is 0.243 e. The number of rotatable bonds is 4. The van der Waals surface area contributed by atoms with Gasteiger partial charge in [0.25, 0.3) is 0 Å². The molecular weight excluding hydrogens is 364 g/mol. The SMILES string of the molecule is O=C(Cc1ccccc1)N1CCc2cc(S(=O)(=O)N3CCOCC3)ccc21. The Morgan fingerprint density at radius 2 is 1.74 bits per heavy atom. The van der Waals surface area contributed by atoms with Gasteiger partial charge in [0.2, 0.25) is 15.9 Å². The molecule has 0 atom stereocenters. The second-order valence-corrected chi connectivity index (χ2v) is 8.70. The number of carbonyl (C=O) groups is 1. The molecule has 142 valence electrons.